The first kappa shape index (κ1) is 42.7. The summed E-state index contributed by atoms with van der Waals surface area (Å²) >= 11 is -5.23. The quantitative estimate of drug-likeness (QED) is 0.0389. The van der Waals surface area contributed by atoms with Crippen molar-refractivity contribution in [2.45, 2.75) is 58.2 Å². The van der Waals surface area contributed by atoms with Crippen LogP contribution in [0.3, 0.4) is 0 Å². The van der Waals surface area contributed by atoms with Crippen LogP contribution in [0.5, 0.6) is 0 Å². The van der Waals surface area contributed by atoms with Gasteiger partial charge in [-0.05, 0) is 0 Å². The molecule has 0 saturated heterocycles. The Kier molecular flexibility index (Phi) is 10.0. The maximum absolute atomic E-state index is 17.4. The summed E-state index contributed by atoms with van der Waals surface area (Å²) in [7, 11) is 0. The van der Waals surface area contributed by atoms with Gasteiger partial charge in [-0.3, -0.25) is 0 Å². The van der Waals surface area contributed by atoms with Crippen molar-refractivity contribution < 1.29 is 79.0 Å². The molecular weight excluding hydrogens is 913 g/mol. The summed E-state index contributed by atoms with van der Waals surface area (Å²) in [4.78, 5) is 0. The zero-order valence-corrected chi connectivity index (χ0v) is 33.4. The molecule has 0 nitrogen and oxygen atoms in total. The van der Waals surface area contributed by atoms with Crippen molar-refractivity contribution in [2.24, 2.45) is 0 Å². The third kappa shape index (κ3) is 5.08. The Morgan fingerprint density at radius 2 is 0.458 bits per heavy atom. The van der Waals surface area contributed by atoms with Crippen LogP contribution in [0.1, 0.15) is 41.5 Å². The Labute approximate surface area is 324 Å². The average molecular weight is 935 g/mol. The summed E-state index contributed by atoms with van der Waals surface area (Å²) in [5, 5.41) is -19.2. The van der Waals surface area contributed by atoms with Gasteiger partial charge in [0.15, 0.2) is 0 Å². The molecule has 20 heteroatoms. The van der Waals surface area contributed by atoms with E-state index in [2.05, 4.69) is 0 Å². The molecule has 0 N–H and O–H groups in total. The van der Waals surface area contributed by atoms with Crippen LogP contribution in [0.2, 0.25) is 16.6 Å². The van der Waals surface area contributed by atoms with E-state index in [0.717, 1.165) is 0 Å². The number of benzene rings is 7. The van der Waals surface area contributed by atoms with Gasteiger partial charge >= 0.3 is 325 Å². The fourth-order valence-electron chi connectivity index (χ4n) is 9.14. The molecule has 0 bridgehead atoms. The van der Waals surface area contributed by atoms with Crippen molar-refractivity contribution in [3.63, 3.8) is 0 Å². The molecule has 0 aliphatic heterocycles. The summed E-state index contributed by atoms with van der Waals surface area (Å²) in [6.45, 7) is 3.88. The van der Waals surface area contributed by atoms with Gasteiger partial charge in [0.1, 0.15) is 0 Å². The normalized spacial score (nSPS) is 13.5. The van der Waals surface area contributed by atoms with Gasteiger partial charge in [0.05, 0.1) is 0 Å². The van der Waals surface area contributed by atoms with Crippen LogP contribution in [0.25, 0.3) is 53.9 Å². The predicted molar refractivity (Wildman–Crippen MR) is 187 cm³/mol. The molecule has 0 spiro atoms. The molecule has 7 aromatic rings. The second-order valence-corrected chi connectivity index (χ2v) is 30.5. The summed E-state index contributed by atoms with van der Waals surface area (Å²) in [5.74, 6) is -46.5. The van der Waals surface area contributed by atoms with Gasteiger partial charge < -0.3 is 0 Å². The molecule has 0 amide bonds. The molecule has 0 heterocycles. The van der Waals surface area contributed by atoms with Crippen molar-refractivity contribution in [3.8, 4) is 0 Å². The van der Waals surface area contributed by atoms with E-state index in [1.807, 2.05) is 0 Å². The third-order valence-corrected chi connectivity index (χ3v) is 38.1. The van der Waals surface area contributed by atoms with Crippen LogP contribution in [-0.4, -0.2) is 20.5 Å². The van der Waals surface area contributed by atoms with Gasteiger partial charge in [0.2, 0.25) is 0 Å². The first-order valence-electron chi connectivity index (χ1n) is 17.2. The number of rotatable bonds is 6. The van der Waals surface area contributed by atoms with E-state index in [9.17, 15) is 17.6 Å². The molecule has 1 unspecified atom stereocenters. The van der Waals surface area contributed by atoms with E-state index >= 15 is 61.5 Å². The SMILES string of the molecule is CC(C)[Si](C(C)C)(C(C)C)[As](c1c(F)c(F)c2c(F)c3c(F)c(F)c(F)c(F)c3c(F)c2c1F)c1c(F)c(F)c2c(F)c(F)c3c(F)c(F)c(F)c4c(F)c(F)c1c2c34. The molecule has 7 rings (SSSR count). The van der Waals surface area contributed by atoms with Crippen LogP contribution >= 0.6 is 0 Å². The first-order chi connectivity index (χ1) is 27.3. The third-order valence-electron chi connectivity index (χ3n) is 11.2. The van der Waals surface area contributed by atoms with Crippen LogP contribution in [0, 0.1) is 105 Å². The molecule has 0 saturated carbocycles. The van der Waals surface area contributed by atoms with Gasteiger partial charge in [0, 0.05) is 0 Å². The Morgan fingerprint density at radius 3 is 0.797 bits per heavy atom. The molecule has 1 atom stereocenters. The molecule has 59 heavy (non-hydrogen) atoms. The fourth-order valence-corrected chi connectivity index (χ4v) is 35.5. The van der Waals surface area contributed by atoms with E-state index in [1.165, 1.54) is 41.5 Å². The maximum atomic E-state index is 17.4. The Hall–Kier alpha value is -4.38. The van der Waals surface area contributed by atoms with Gasteiger partial charge in [-0.25, -0.2) is 0 Å². The molecule has 7 aromatic carbocycles. The summed E-state index contributed by atoms with van der Waals surface area (Å²) < 4.78 is 281. The topological polar surface area (TPSA) is 0 Å². The number of hydrogen-bond acceptors (Lipinski definition) is 0. The molecule has 0 aromatic heterocycles. The van der Waals surface area contributed by atoms with Crippen molar-refractivity contribution in [2.75, 3.05) is 0 Å². The minimum absolute atomic E-state index is 0.992. The first-order valence-corrected chi connectivity index (χ1v) is 24.0. The van der Waals surface area contributed by atoms with Crippen LogP contribution in [0.4, 0.5) is 79.0 Å². The average Bonchev–Trinajstić information content (AvgIpc) is 3.16. The van der Waals surface area contributed by atoms with E-state index < -0.39 is 204 Å². The Balaban J connectivity index is 1.86. The van der Waals surface area contributed by atoms with Crippen LogP contribution in [0.15, 0.2) is 0 Å². The Morgan fingerprint density at radius 1 is 0.237 bits per heavy atom. The summed E-state index contributed by atoms with van der Waals surface area (Å²) in [6.07, 6.45) is 0. The van der Waals surface area contributed by atoms with Gasteiger partial charge in [-0.1, -0.05) is 0 Å². The second kappa shape index (κ2) is 13.8. The van der Waals surface area contributed by atoms with Gasteiger partial charge in [-0.15, -0.1) is 0 Å². The van der Waals surface area contributed by atoms with E-state index in [0.29, 0.717) is 0 Å². The number of hydrogen-bond donors (Lipinski definition) is 0. The van der Waals surface area contributed by atoms with Gasteiger partial charge in [0.25, 0.3) is 0 Å². The second-order valence-electron chi connectivity index (χ2n) is 14.8. The molecule has 0 fully saturated rings. The van der Waals surface area contributed by atoms with Crippen molar-refractivity contribution >= 4 is 83.1 Å². The van der Waals surface area contributed by atoms with Crippen molar-refractivity contribution in [1.82, 2.24) is 0 Å². The predicted octanol–water partition coefficient (Wildman–Crippen LogP) is 12.8. The fraction of sp³-hybridized carbons (Fsp3) is 0.231. The van der Waals surface area contributed by atoms with Crippen LogP contribution < -0.4 is 8.70 Å². The van der Waals surface area contributed by atoms with Crippen molar-refractivity contribution in [1.29, 1.82) is 0 Å². The van der Waals surface area contributed by atoms with Crippen LogP contribution in [-0.2, 0) is 0 Å². The minimum atomic E-state index is -5.23. The monoisotopic (exact) mass is 934 g/mol. The van der Waals surface area contributed by atoms with E-state index in [4.69, 9.17) is 0 Å². The van der Waals surface area contributed by atoms with Gasteiger partial charge in [-0.2, -0.15) is 0 Å². The zero-order chi connectivity index (χ0) is 44.1. The Bertz CT molecular complexity index is 2990. The number of fused-ring (bicyclic) bond motifs is 2. The number of halogens is 18. The molecule has 0 aliphatic carbocycles. The molecule has 312 valence electrons. The standard InChI is InChI=1S/C39H21AsF18Si/c1-7(2)59(8(3)4,9(5)6)40(21-24(43)16-17(30(49)36(21)55)23(42)19-18(22(16)41)33(52)38(57)39(58)34(19)53)20-12-10-11-14(26(45)25(12)44)31(50)37(56)32(51)15(11)28(47)27(46)13(10)29(48)35(20)54/h7-9H,1-6H3. The summed E-state index contributed by atoms with van der Waals surface area (Å²) in [6, 6.07) is 0. The molecule has 0 radical (unpaired) electrons. The molecular formula is C39H21AsF18Si. The van der Waals surface area contributed by atoms with E-state index in [1.54, 1.807) is 0 Å². The molecule has 0 aliphatic rings. The summed E-state index contributed by atoms with van der Waals surface area (Å²) in [5.41, 5.74) is -2.98. The van der Waals surface area contributed by atoms with E-state index in [-0.39, 0.29) is 0 Å². The van der Waals surface area contributed by atoms with Crippen molar-refractivity contribution in [3.05, 3.63) is 105 Å². The zero-order valence-electron chi connectivity index (χ0n) is 30.5.